The third-order valence-corrected chi connectivity index (χ3v) is 1.12. The summed E-state index contributed by atoms with van der Waals surface area (Å²) in [5.41, 5.74) is 1.07. The minimum Gasteiger partial charge on any atom is -0.513 e. The van der Waals surface area contributed by atoms with Crippen LogP contribution in [0.1, 0.15) is 34.1 Å². The molecule has 0 unspecified atom stereocenters. The van der Waals surface area contributed by atoms with Gasteiger partial charge in [-0.15, -0.1) is 0 Å². The molecule has 0 saturated carbocycles. The molecular formula is C12H23FO. The molecule has 0 amide bonds. The first-order chi connectivity index (χ1) is 6.66. The van der Waals surface area contributed by atoms with Crippen molar-refractivity contribution in [2.75, 3.05) is 7.18 Å². The van der Waals surface area contributed by atoms with Crippen molar-refractivity contribution in [3.8, 4) is 0 Å². The van der Waals surface area contributed by atoms with Gasteiger partial charge in [0, 0.05) is 0 Å². The maximum atomic E-state index is 9.50. The van der Waals surface area contributed by atoms with E-state index in [1.807, 2.05) is 26.8 Å². The molecule has 0 bridgehead atoms. The minimum absolute atomic E-state index is 0.320. The van der Waals surface area contributed by atoms with E-state index in [0.29, 0.717) is 12.9 Å². The van der Waals surface area contributed by atoms with Crippen molar-refractivity contribution < 1.29 is 9.50 Å². The molecule has 1 N–H and O–H groups in total. The highest BCUT2D eigenvalue weighted by Gasteiger charge is 1.78. The molecule has 2 heteroatoms. The summed E-state index contributed by atoms with van der Waals surface area (Å²) in [4.78, 5) is 0. The second-order valence-electron chi connectivity index (χ2n) is 2.18. The first-order valence-corrected chi connectivity index (χ1v) is 4.76. The van der Waals surface area contributed by atoms with E-state index in [4.69, 9.17) is 5.11 Å². The summed E-state index contributed by atoms with van der Waals surface area (Å²) in [5, 5.41) is 8.72. The lowest BCUT2D eigenvalue weighted by Crippen LogP contribution is -1.69. The lowest BCUT2D eigenvalue weighted by molar-refractivity contribution is 0.414. The summed E-state index contributed by atoms with van der Waals surface area (Å²) in [6.45, 7) is 11.5. The van der Waals surface area contributed by atoms with E-state index >= 15 is 0 Å². The van der Waals surface area contributed by atoms with Crippen LogP contribution in [0.4, 0.5) is 4.39 Å². The maximum Gasteiger partial charge on any atom is 0.0891 e. The monoisotopic (exact) mass is 202 g/mol. The molecule has 0 radical (unpaired) electrons. The molecule has 0 aliphatic carbocycles. The van der Waals surface area contributed by atoms with Gasteiger partial charge in [-0.2, -0.15) is 0 Å². The van der Waals surface area contributed by atoms with Gasteiger partial charge in [0.2, 0.25) is 0 Å². The molecule has 0 aromatic heterocycles. The van der Waals surface area contributed by atoms with Gasteiger partial charge in [0.1, 0.15) is 0 Å². The van der Waals surface area contributed by atoms with Gasteiger partial charge in [-0.1, -0.05) is 45.1 Å². The number of rotatable bonds is 3. The predicted molar refractivity (Wildman–Crippen MR) is 63.3 cm³/mol. The molecule has 0 rings (SSSR count). The second kappa shape index (κ2) is 17.9. The highest BCUT2D eigenvalue weighted by atomic mass is 19.1. The molecule has 0 fully saturated rings. The molecule has 84 valence electrons. The van der Waals surface area contributed by atoms with Crippen LogP contribution in [0, 0.1) is 0 Å². The quantitative estimate of drug-likeness (QED) is 0.524. The Bertz CT molecular complexity index is 165. The fraction of sp³-hybridized carbons (Fsp3) is 0.500. The summed E-state index contributed by atoms with van der Waals surface area (Å²) in [7, 11) is 0.500. The van der Waals surface area contributed by atoms with Crippen LogP contribution in [0.15, 0.2) is 36.1 Å². The standard InChI is InChI=1S/C9H14O.C2H6.CH3F/c1-4-8(2)6-5-7-9(3)10;2*1-2/h5-7,10H,2,4H2,1,3H3;1-2H3;1H3/b6-5-,9-7+;;. The molecule has 0 aromatic rings. The van der Waals surface area contributed by atoms with Gasteiger partial charge in [0.05, 0.1) is 12.9 Å². The lowest BCUT2D eigenvalue weighted by Gasteiger charge is -1.88. The number of allylic oxidation sites excluding steroid dienone is 5. The van der Waals surface area contributed by atoms with E-state index in [2.05, 4.69) is 6.58 Å². The topological polar surface area (TPSA) is 20.2 Å². The fourth-order valence-corrected chi connectivity index (χ4v) is 0.441. The Balaban J connectivity index is -0.000000266. The second-order valence-corrected chi connectivity index (χ2v) is 2.18. The molecule has 0 aliphatic heterocycles. The number of aliphatic hydroxyl groups excluding tert-OH is 1. The van der Waals surface area contributed by atoms with Crippen LogP contribution in [-0.4, -0.2) is 12.3 Å². The van der Waals surface area contributed by atoms with Crippen LogP contribution in [0.3, 0.4) is 0 Å². The van der Waals surface area contributed by atoms with Gasteiger partial charge < -0.3 is 5.11 Å². The Morgan fingerprint density at radius 1 is 1.36 bits per heavy atom. The van der Waals surface area contributed by atoms with Crippen molar-refractivity contribution in [2.45, 2.75) is 34.1 Å². The van der Waals surface area contributed by atoms with E-state index in [-0.39, 0.29) is 0 Å². The Hall–Kier alpha value is -1.05. The number of aliphatic hydroxyl groups is 1. The van der Waals surface area contributed by atoms with Crippen molar-refractivity contribution in [1.82, 2.24) is 0 Å². The highest BCUT2D eigenvalue weighted by Crippen LogP contribution is 1.98. The van der Waals surface area contributed by atoms with E-state index < -0.39 is 0 Å². The van der Waals surface area contributed by atoms with Gasteiger partial charge >= 0.3 is 0 Å². The Labute approximate surface area is 87.7 Å². The molecular weight excluding hydrogens is 179 g/mol. The predicted octanol–water partition coefficient (Wildman–Crippen LogP) is 4.58. The van der Waals surface area contributed by atoms with E-state index in [0.717, 1.165) is 12.0 Å². The molecule has 0 aromatic carbocycles. The van der Waals surface area contributed by atoms with Crippen LogP contribution in [0.2, 0.25) is 0 Å². The summed E-state index contributed by atoms with van der Waals surface area (Å²) in [5.74, 6) is 0.320. The van der Waals surface area contributed by atoms with E-state index in [1.165, 1.54) is 0 Å². The average Bonchev–Trinajstić information content (AvgIpc) is 2.23. The summed E-state index contributed by atoms with van der Waals surface area (Å²) >= 11 is 0. The summed E-state index contributed by atoms with van der Waals surface area (Å²) in [6.07, 6.45) is 6.27. The molecule has 0 atom stereocenters. The van der Waals surface area contributed by atoms with Gasteiger partial charge in [-0.25, -0.2) is 0 Å². The number of hydrogen-bond acceptors (Lipinski definition) is 1. The molecule has 0 aliphatic rings. The van der Waals surface area contributed by atoms with Crippen molar-refractivity contribution in [3.05, 3.63) is 36.1 Å². The van der Waals surface area contributed by atoms with Crippen molar-refractivity contribution in [2.24, 2.45) is 0 Å². The Morgan fingerprint density at radius 2 is 1.79 bits per heavy atom. The number of halogens is 1. The van der Waals surface area contributed by atoms with Gasteiger partial charge in [0.15, 0.2) is 0 Å². The zero-order valence-electron chi connectivity index (χ0n) is 9.97. The smallest absolute Gasteiger partial charge is 0.0891 e. The molecule has 0 spiro atoms. The van der Waals surface area contributed by atoms with Gasteiger partial charge in [-0.05, 0) is 19.4 Å². The van der Waals surface area contributed by atoms with Crippen molar-refractivity contribution >= 4 is 0 Å². The lowest BCUT2D eigenvalue weighted by atomic mass is 10.2. The average molecular weight is 202 g/mol. The first-order valence-electron chi connectivity index (χ1n) is 4.76. The Morgan fingerprint density at radius 3 is 2.07 bits per heavy atom. The largest absolute Gasteiger partial charge is 0.513 e. The zero-order chi connectivity index (χ0) is 12.0. The fourth-order valence-electron chi connectivity index (χ4n) is 0.441. The van der Waals surface area contributed by atoms with Crippen molar-refractivity contribution in [1.29, 1.82) is 0 Å². The molecule has 0 heterocycles. The molecule has 14 heavy (non-hydrogen) atoms. The highest BCUT2D eigenvalue weighted by molar-refractivity contribution is 5.19. The third-order valence-electron chi connectivity index (χ3n) is 1.12. The summed E-state index contributed by atoms with van der Waals surface area (Å²) < 4.78 is 9.50. The SMILES string of the molecule is C=C(/C=C\C=C(/C)O)CC.CC.CF. The van der Waals surface area contributed by atoms with Gasteiger partial charge in [0.25, 0.3) is 0 Å². The van der Waals surface area contributed by atoms with Crippen LogP contribution >= 0.6 is 0 Å². The maximum absolute atomic E-state index is 9.50. The Kier molecular flexibility index (Phi) is 23.9. The van der Waals surface area contributed by atoms with Crippen LogP contribution in [0.25, 0.3) is 0 Å². The van der Waals surface area contributed by atoms with E-state index in [1.54, 1.807) is 19.1 Å². The van der Waals surface area contributed by atoms with Crippen LogP contribution in [0.5, 0.6) is 0 Å². The number of hydrogen-bond donors (Lipinski definition) is 1. The van der Waals surface area contributed by atoms with Crippen molar-refractivity contribution in [3.63, 3.8) is 0 Å². The van der Waals surface area contributed by atoms with Gasteiger partial charge in [-0.3, -0.25) is 4.39 Å². The minimum atomic E-state index is 0.320. The summed E-state index contributed by atoms with van der Waals surface area (Å²) in [6, 6.07) is 0. The first kappa shape index (κ1) is 18.7. The van der Waals surface area contributed by atoms with Crippen LogP contribution < -0.4 is 0 Å². The molecule has 1 nitrogen and oxygen atoms in total. The third kappa shape index (κ3) is 22.4. The van der Waals surface area contributed by atoms with Crippen LogP contribution in [-0.2, 0) is 0 Å². The zero-order valence-corrected chi connectivity index (χ0v) is 9.97. The number of alkyl halides is 1. The molecule has 0 saturated heterocycles. The normalized spacial score (nSPS) is 9.71. The van der Waals surface area contributed by atoms with E-state index in [9.17, 15) is 4.39 Å².